The van der Waals surface area contributed by atoms with Crippen LogP contribution in [0.2, 0.25) is 0 Å². The number of rotatable bonds is 9. The molecule has 3 aromatic rings. The zero-order chi connectivity index (χ0) is 23.3. The summed E-state index contributed by atoms with van der Waals surface area (Å²) in [6, 6.07) is 11.7. The maximum atomic E-state index is 12.7. The summed E-state index contributed by atoms with van der Waals surface area (Å²) in [5.41, 5.74) is 1.04. The van der Waals surface area contributed by atoms with Crippen molar-refractivity contribution in [1.29, 1.82) is 0 Å². The van der Waals surface area contributed by atoms with Crippen LogP contribution in [-0.4, -0.2) is 43.6 Å². The van der Waals surface area contributed by atoms with Crippen molar-refractivity contribution in [2.75, 3.05) is 20.8 Å². The summed E-state index contributed by atoms with van der Waals surface area (Å²) in [4.78, 5) is 24.8. The third-order valence-electron chi connectivity index (χ3n) is 4.89. The highest BCUT2D eigenvalue weighted by Gasteiger charge is 2.21. The summed E-state index contributed by atoms with van der Waals surface area (Å²) >= 11 is 0. The molecule has 0 unspecified atom stereocenters. The summed E-state index contributed by atoms with van der Waals surface area (Å²) in [6.45, 7) is 1.88. The number of methoxy groups -OCH3 is 2. The van der Waals surface area contributed by atoms with Gasteiger partial charge in [0.2, 0.25) is 5.91 Å². The first-order chi connectivity index (χ1) is 15.3. The summed E-state index contributed by atoms with van der Waals surface area (Å²) in [6.07, 6.45) is 2.97. The van der Waals surface area contributed by atoms with Crippen LogP contribution in [0.4, 0.5) is 0 Å². The van der Waals surface area contributed by atoms with Gasteiger partial charge < -0.3 is 14.8 Å². The lowest BCUT2D eigenvalue weighted by atomic mass is 10.1. The molecular weight excluding hydrogens is 434 g/mol. The van der Waals surface area contributed by atoms with Crippen molar-refractivity contribution in [3.63, 3.8) is 0 Å². The number of amides is 1. The molecule has 0 atom stereocenters. The van der Waals surface area contributed by atoms with E-state index in [1.807, 2.05) is 19.1 Å². The van der Waals surface area contributed by atoms with Crippen LogP contribution >= 0.6 is 0 Å². The molecule has 0 aliphatic carbocycles. The zero-order valence-electron chi connectivity index (χ0n) is 18.1. The van der Waals surface area contributed by atoms with Crippen LogP contribution in [0.1, 0.15) is 11.1 Å². The van der Waals surface area contributed by atoms with Crippen molar-refractivity contribution in [3.8, 4) is 11.5 Å². The minimum absolute atomic E-state index is 0.00215. The highest BCUT2D eigenvalue weighted by molar-refractivity contribution is 7.90. The highest BCUT2D eigenvalue weighted by Crippen LogP contribution is 2.27. The Morgan fingerprint density at radius 1 is 1.00 bits per heavy atom. The van der Waals surface area contributed by atoms with Gasteiger partial charge in [0.15, 0.2) is 11.5 Å². The molecule has 1 aromatic heterocycles. The van der Waals surface area contributed by atoms with Crippen molar-refractivity contribution in [2.45, 2.75) is 24.8 Å². The van der Waals surface area contributed by atoms with E-state index in [0.717, 1.165) is 21.9 Å². The van der Waals surface area contributed by atoms with E-state index in [1.165, 1.54) is 18.3 Å². The standard InChI is InChI=1S/C22H25N3O6S/c1-16-4-7-18(8-5-16)32(28,29)25-13-12-24(22(25)27)15-21(26)23-11-10-17-6-9-19(30-2)20(14-17)31-3/h4-9,12-14H,10-11,15H2,1-3H3,(H,23,26). The van der Waals surface area contributed by atoms with E-state index in [1.54, 1.807) is 32.4 Å². The van der Waals surface area contributed by atoms with E-state index >= 15 is 0 Å². The van der Waals surface area contributed by atoms with E-state index in [4.69, 9.17) is 9.47 Å². The average molecular weight is 460 g/mol. The molecule has 1 amide bonds. The molecule has 32 heavy (non-hydrogen) atoms. The predicted molar refractivity (Wildman–Crippen MR) is 119 cm³/mol. The van der Waals surface area contributed by atoms with E-state index in [0.29, 0.717) is 28.4 Å². The largest absolute Gasteiger partial charge is 0.493 e. The number of hydrogen-bond acceptors (Lipinski definition) is 6. The molecule has 10 heteroatoms. The summed E-state index contributed by atoms with van der Waals surface area (Å²) in [5, 5.41) is 2.73. The van der Waals surface area contributed by atoms with Crippen LogP contribution in [0.15, 0.2) is 64.5 Å². The predicted octanol–water partition coefficient (Wildman–Crippen LogP) is 1.57. The van der Waals surface area contributed by atoms with Gasteiger partial charge in [-0.05, 0) is 43.2 Å². The molecular formula is C22H25N3O6S. The molecule has 0 aliphatic heterocycles. The van der Waals surface area contributed by atoms with E-state index in [-0.39, 0.29) is 11.4 Å². The van der Waals surface area contributed by atoms with Gasteiger partial charge in [-0.3, -0.25) is 9.36 Å². The summed E-state index contributed by atoms with van der Waals surface area (Å²) < 4.78 is 37.6. The molecule has 0 saturated heterocycles. The number of nitrogens with one attached hydrogen (secondary N) is 1. The molecule has 0 fully saturated rings. The SMILES string of the molecule is COc1ccc(CCNC(=O)Cn2ccn(S(=O)(=O)c3ccc(C)cc3)c2=O)cc1OC. The van der Waals surface area contributed by atoms with Crippen molar-refractivity contribution >= 4 is 15.9 Å². The second-order valence-corrected chi connectivity index (χ2v) is 8.93. The van der Waals surface area contributed by atoms with Crippen LogP contribution in [-0.2, 0) is 27.8 Å². The molecule has 0 radical (unpaired) electrons. The maximum Gasteiger partial charge on any atom is 0.342 e. The normalized spacial score (nSPS) is 11.2. The molecule has 0 spiro atoms. The Hall–Kier alpha value is -3.53. The molecule has 0 bridgehead atoms. The Kier molecular flexibility index (Phi) is 7.04. The van der Waals surface area contributed by atoms with E-state index in [2.05, 4.69) is 5.32 Å². The molecule has 0 saturated carbocycles. The number of aryl methyl sites for hydroxylation is 1. The van der Waals surface area contributed by atoms with Gasteiger partial charge in [0.25, 0.3) is 10.0 Å². The van der Waals surface area contributed by atoms with Gasteiger partial charge in [0.05, 0.1) is 19.1 Å². The highest BCUT2D eigenvalue weighted by atomic mass is 32.2. The van der Waals surface area contributed by atoms with Crippen molar-refractivity contribution in [1.82, 2.24) is 13.9 Å². The molecule has 170 valence electrons. The first-order valence-corrected chi connectivity index (χ1v) is 11.3. The number of aromatic nitrogens is 2. The Labute approximate surface area is 186 Å². The van der Waals surface area contributed by atoms with Gasteiger partial charge in [-0.15, -0.1) is 0 Å². The van der Waals surface area contributed by atoms with Crippen molar-refractivity contribution in [3.05, 3.63) is 76.5 Å². The first kappa shape index (κ1) is 23.1. The van der Waals surface area contributed by atoms with E-state index < -0.39 is 21.6 Å². The number of ether oxygens (including phenoxy) is 2. The topological polar surface area (TPSA) is 109 Å². The van der Waals surface area contributed by atoms with Gasteiger partial charge in [0.1, 0.15) is 6.54 Å². The fraction of sp³-hybridized carbons (Fsp3) is 0.273. The number of carbonyl (C=O) groups excluding carboxylic acids is 1. The molecule has 0 aliphatic rings. The number of hydrogen-bond donors (Lipinski definition) is 1. The lowest BCUT2D eigenvalue weighted by molar-refractivity contribution is -0.121. The van der Waals surface area contributed by atoms with Gasteiger partial charge in [-0.25, -0.2) is 13.2 Å². The zero-order valence-corrected chi connectivity index (χ0v) is 18.9. The van der Waals surface area contributed by atoms with Gasteiger partial charge in [-0.2, -0.15) is 3.97 Å². The Balaban J connectivity index is 1.62. The second kappa shape index (κ2) is 9.73. The van der Waals surface area contributed by atoms with Crippen LogP contribution in [0.3, 0.4) is 0 Å². The summed E-state index contributed by atoms with van der Waals surface area (Å²) in [5.74, 6) is 0.807. The fourth-order valence-electron chi connectivity index (χ4n) is 3.12. The second-order valence-electron chi connectivity index (χ2n) is 7.11. The van der Waals surface area contributed by atoms with Crippen LogP contribution in [0.5, 0.6) is 11.5 Å². The number of benzene rings is 2. The molecule has 2 aromatic carbocycles. The van der Waals surface area contributed by atoms with Gasteiger partial charge in [0, 0.05) is 18.9 Å². The van der Waals surface area contributed by atoms with Gasteiger partial charge >= 0.3 is 5.69 Å². The van der Waals surface area contributed by atoms with Crippen LogP contribution in [0, 0.1) is 6.92 Å². The monoisotopic (exact) mass is 459 g/mol. The maximum absolute atomic E-state index is 12.7. The van der Waals surface area contributed by atoms with Crippen LogP contribution < -0.4 is 20.5 Å². The van der Waals surface area contributed by atoms with E-state index in [9.17, 15) is 18.0 Å². The lowest BCUT2D eigenvalue weighted by Gasteiger charge is -2.10. The van der Waals surface area contributed by atoms with Gasteiger partial charge in [-0.1, -0.05) is 23.8 Å². The smallest absolute Gasteiger partial charge is 0.342 e. The third-order valence-corrected chi connectivity index (χ3v) is 6.56. The Bertz CT molecular complexity index is 1260. The molecule has 9 nitrogen and oxygen atoms in total. The minimum atomic E-state index is -4.04. The number of imidazole rings is 1. The minimum Gasteiger partial charge on any atom is -0.493 e. The Morgan fingerprint density at radius 3 is 2.34 bits per heavy atom. The number of carbonyl (C=O) groups is 1. The summed E-state index contributed by atoms with van der Waals surface area (Å²) in [7, 11) is -0.935. The molecule has 1 heterocycles. The first-order valence-electron chi connectivity index (χ1n) is 9.84. The Morgan fingerprint density at radius 2 is 1.69 bits per heavy atom. The quantitative estimate of drug-likeness (QED) is 0.520. The average Bonchev–Trinajstić information content (AvgIpc) is 3.14. The third kappa shape index (κ3) is 5.02. The van der Waals surface area contributed by atoms with Crippen LogP contribution in [0.25, 0.3) is 0 Å². The van der Waals surface area contributed by atoms with Crippen molar-refractivity contribution in [2.24, 2.45) is 0 Å². The lowest BCUT2D eigenvalue weighted by Crippen LogP contribution is -2.35. The fourth-order valence-corrected chi connectivity index (χ4v) is 4.35. The number of nitrogens with zero attached hydrogens (tertiary/aromatic N) is 2. The molecule has 3 rings (SSSR count). The van der Waals surface area contributed by atoms with Crippen molar-refractivity contribution < 1.29 is 22.7 Å². The molecule has 1 N–H and O–H groups in total.